The van der Waals surface area contributed by atoms with Crippen LogP contribution in [-0.4, -0.2) is 25.3 Å². The van der Waals surface area contributed by atoms with Crippen molar-refractivity contribution in [3.05, 3.63) is 47.5 Å². The Bertz CT molecular complexity index is 636. The van der Waals surface area contributed by atoms with E-state index >= 15 is 0 Å². The van der Waals surface area contributed by atoms with Gasteiger partial charge in [0.25, 0.3) is 0 Å². The number of aryl methyl sites for hydroxylation is 1. The van der Waals surface area contributed by atoms with Gasteiger partial charge < -0.3 is 9.47 Å². The summed E-state index contributed by atoms with van der Waals surface area (Å²) in [5.41, 5.74) is 2.69. The molecule has 3 heteroatoms. The van der Waals surface area contributed by atoms with Gasteiger partial charge in [-0.15, -0.1) is 0 Å². The first kappa shape index (κ1) is 18.2. The Labute approximate surface area is 151 Å². The third kappa shape index (κ3) is 3.52. The number of allylic oxidation sites excluding steroid dienone is 1. The number of hydrogen-bond donors (Lipinski definition) is 0. The Morgan fingerprint density at radius 2 is 2.00 bits per heavy atom. The van der Waals surface area contributed by atoms with Gasteiger partial charge in [-0.05, 0) is 37.2 Å². The molecule has 1 aliphatic heterocycles. The number of hydrogen-bond acceptors (Lipinski definition) is 3. The summed E-state index contributed by atoms with van der Waals surface area (Å²) in [6.45, 7) is 9.39. The third-order valence-electron chi connectivity index (χ3n) is 6.46. The molecule has 5 atom stereocenters. The molecule has 3 nitrogen and oxygen atoms in total. The van der Waals surface area contributed by atoms with Crippen LogP contribution in [0.5, 0.6) is 0 Å². The van der Waals surface area contributed by atoms with Gasteiger partial charge in [0.1, 0.15) is 0 Å². The van der Waals surface area contributed by atoms with Crippen molar-refractivity contribution < 1.29 is 14.3 Å². The smallest absolute Gasteiger partial charge is 0.302 e. The highest BCUT2D eigenvalue weighted by molar-refractivity contribution is 5.65. The van der Waals surface area contributed by atoms with Crippen molar-refractivity contribution in [1.29, 1.82) is 0 Å². The van der Waals surface area contributed by atoms with E-state index in [0.29, 0.717) is 31.0 Å². The van der Waals surface area contributed by atoms with Gasteiger partial charge in [0.05, 0.1) is 19.3 Å². The van der Waals surface area contributed by atoms with E-state index in [1.54, 1.807) is 0 Å². The van der Waals surface area contributed by atoms with Gasteiger partial charge in [0.2, 0.25) is 0 Å². The molecule has 0 amide bonds. The molecule has 0 spiro atoms. The molecule has 1 saturated heterocycles. The van der Waals surface area contributed by atoms with E-state index in [9.17, 15) is 4.79 Å². The lowest BCUT2D eigenvalue weighted by Crippen LogP contribution is -2.56. The van der Waals surface area contributed by atoms with E-state index in [0.717, 1.165) is 12.8 Å². The van der Waals surface area contributed by atoms with Crippen LogP contribution in [0.25, 0.3) is 0 Å². The van der Waals surface area contributed by atoms with Gasteiger partial charge in [-0.2, -0.15) is 0 Å². The molecule has 2 aliphatic rings. The molecule has 1 aromatic rings. The molecule has 5 unspecified atom stereocenters. The molecular weight excluding hydrogens is 312 g/mol. The average molecular weight is 342 g/mol. The molecule has 2 bridgehead atoms. The van der Waals surface area contributed by atoms with E-state index < -0.39 is 0 Å². The highest BCUT2D eigenvalue weighted by Crippen LogP contribution is 2.53. The number of carbonyl (C=O) groups is 1. The van der Waals surface area contributed by atoms with Crippen LogP contribution < -0.4 is 0 Å². The minimum absolute atomic E-state index is 0.0981. The highest BCUT2D eigenvalue weighted by Gasteiger charge is 2.53. The molecule has 25 heavy (non-hydrogen) atoms. The number of benzene rings is 1. The second-order valence-corrected chi connectivity index (χ2v) is 7.90. The van der Waals surface area contributed by atoms with Gasteiger partial charge in [0, 0.05) is 18.3 Å². The predicted octanol–water partition coefficient (Wildman–Crippen LogP) is 4.42. The number of ether oxygens (including phenoxy) is 2. The molecule has 136 valence electrons. The molecular formula is C22H30O3. The first-order valence-electron chi connectivity index (χ1n) is 9.41. The fourth-order valence-electron chi connectivity index (χ4n) is 4.84. The van der Waals surface area contributed by atoms with Crippen LogP contribution in [0.2, 0.25) is 0 Å². The first-order valence-corrected chi connectivity index (χ1v) is 9.41. The van der Waals surface area contributed by atoms with Gasteiger partial charge >= 0.3 is 5.97 Å². The molecule has 0 saturated carbocycles. The van der Waals surface area contributed by atoms with E-state index in [2.05, 4.69) is 57.2 Å². The van der Waals surface area contributed by atoms with E-state index in [1.807, 2.05) is 0 Å². The fourth-order valence-corrected chi connectivity index (χ4v) is 4.84. The summed E-state index contributed by atoms with van der Waals surface area (Å²) in [7, 11) is 0. The lowest BCUT2D eigenvalue weighted by atomic mass is 9.56. The maximum absolute atomic E-state index is 11.4. The maximum atomic E-state index is 11.4. The second kappa shape index (κ2) is 7.33. The van der Waals surface area contributed by atoms with Crippen LogP contribution in [0.4, 0.5) is 0 Å². The Hall–Kier alpha value is -1.61. The fraction of sp³-hybridized carbons (Fsp3) is 0.591. The maximum Gasteiger partial charge on any atom is 0.302 e. The molecule has 3 rings (SSSR count). The van der Waals surface area contributed by atoms with Crippen molar-refractivity contribution in [1.82, 2.24) is 0 Å². The molecule has 0 aromatic heterocycles. The first-order chi connectivity index (χ1) is 11.9. The second-order valence-electron chi connectivity index (χ2n) is 7.90. The van der Waals surface area contributed by atoms with Crippen molar-refractivity contribution in [3.8, 4) is 0 Å². The van der Waals surface area contributed by atoms with E-state index in [4.69, 9.17) is 9.47 Å². The van der Waals surface area contributed by atoms with Crippen LogP contribution >= 0.6 is 0 Å². The lowest BCUT2D eigenvalue weighted by Gasteiger charge is -2.55. The summed E-state index contributed by atoms with van der Waals surface area (Å²) in [6.07, 6.45) is 4.69. The number of esters is 1. The summed E-state index contributed by atoms with van der Waals surface area (Å²) < 4.78 is 11.8. The summed E-state index contributed by atoms with van der Waals surface area (Å²) in [6, 6.07) is 10.6. The summed E-state index contributed by atoms with van der Waals surface area (Å²) in [5.74, 6) is 1.00. The monoisotopic (exact) mass is 342 g/mol. The standard InChI is InChI=1S/C22H30O3/c1-15-12-16(2)22(13-24-18(4)23)14-25-20(21(15)17(22)3)11-10-19-8-6-5-7-9-19/h5-9,12,16-17,20-21H,10-11,13-14H2,1-4H3. The van der Waals surface area contributed by atoms with Crippen LogP contribution in [-0.2, 0) is 20.7 Å². The largest absolute Gasteiger partial charge is 0.465 e. The van der Waals surface area contributed by atoms with Crippen molar-refractivity contribution in [2.75, 3.05) is 13.2 Å². The van der Waals surface area contributed by atoms with E-state index in [-0.39, 0.29) is 17.5 Å². The Morgan fingerprint density at radius 3 is 2.68 bits per heavy atom. The molecule has 0 N–H and O–H groups in total. The molecule has 1 heterocycles. The van der Waals surface area contributed by atoms with E-state index in [1.165, 1.54) is 18.1 Å². The average Bonchev–Trinajstić information content (AvgIpc) is 2.58. The normalized spacial score (nSPS) is 34.3. The third-order valence-corrected chi connectivity index (χ3v) is 6.46. The van der Waals surface area contributed by atoms with Crippen molar-refractivity contribution in [2.24, 2.45) is 23.2 Å². The SMILES string of the molecule is CC(=O)OCC12COC(CCc3ccccc3)C(C(C)=CC1C)C2C. The molecule has 1 aliphatic carbocycles. The highest BCUT2D eigenvalue weighted by atomic mass is 16.5. The zero-order valence-corrected chi connectivity index (χ0v) is 15.8. The summed E-state index contributed by atoms with van der Waals surface area (Å²) in [5, 5.41) is 0. The zero-order valence-electron chi connectivity index (χ0n) is 15.8. The summed E-state index contributed by atoms with van der Waals surface area (Å²) in [4.78, 5) is 11.4. The van der Waals surface area contributed by atoms with Gasteiger partial charge in [-0.3, -0.25) is 4.79 Å². The minimum atomic E-state index is -0.206. The van der Waals surface area contributed by atoms with Crippen molar-refractivity contribution in [2.45, 2.75) is 46.6 Å². The minimum Gasteiger partial charge on any atom is -0.465 e. The van der Waals surface area contributed by atoms with Crippen LogP contribution in [0.15, 0.2) is 42.0 Å². The number of rotatable bonds is 5. The predicted molar refractivity (Wildman–Crippen MR) is 99.1 cm³/mol. The topological polar surface area (TPSA) is 35.5 Å². The molecule has 1 fully saturated rings. The van der Waals surface area contributed by atoms with Gasteiger partial charge in [0.15, 0.2) is 0 Å². The number of carbonyl (C=O) groups excluding carboxylic acids is 1. The quantitative estimate of drug-likeness (QED) is 0.587. The lowest BCUT2D eigenvalue weighted by molar-refractivity contribution is -0.179. The zero-order chi connectivity index (χ0) is 18.0. The Balaban J connectivity index is 1.76. The van der Waals surface area contributed by atoms with Crippen LogP contribution in [0, 0.1) is 23.2 Å². The van der Waals surface area contributed by atoms with Crippen molar-refractivity contribution >= 4 is 5.97 Å². The van der Waals surface area contributed by atoms with Crippen LogP contribution in [0.1, 0.15) is 39.7 Å². The molecule has 1 aromatic carbocycles. The Kier molecular flexibility index (Phi) is 5.33. The number of fused-ring (bicyclic) bond motifs is 2. The van der Waals surface area contributed by atoms with Gasteiger partial charge in [-0.25, -0.2) is 0 Å². The van der Waals surface area contributed by atoms with Gasteiger partial charge in [-0.1, -0.05) is 55.8 Å². The molecule has 0 radical (unpaired) electrons. The van der Waals surface area contributed by atoms with Crippen LogP contribution in [0.3, 0.4) is 0 Å². The Morgan fingerprint density at radius 1 is 1.28 bits per heavy atom. The summed E-state index contributed by atoms with van der Waals surface area (Å²) >= 11 is 0. The van der Waals surface area contributed by atoms with Crippen molar-refractivity contribution in [3.63, 3.8) is 0 Å².